The summed E-state index contributed by atoms with van der Waals surface area (Å²) in [6.07, 6.45) is 0.0984. The van der Waals surface area contributed by atoms with Crippen molar-refractivity contribution in [3.8, 4) is 6.07 Å². The van der Waals surface area contributed by atoms with Crippen LogP contribution in [0, 0.1) is 25.2 Å². The summed E-state index contributed by atoms with van der Waals surface area (Å²) >= 11 is 1.25. The van der Waals surface area contributed by atoms with Crippen molar-refractivity contribution < 1.29 is 14.3 Å². The number of thiazole rings is 1. The van der Waals surface area contributed by atoms with Crippen LogP contribution < -0.4 is 0 Å². The second-order valence-electron chi connectivity index (χ2n) is 5.18. The first-order valence-electron chi connectivity index (χ1n) is 7.05. The van der Waals surface area contributed by atoms with Crippen molar-refractivity contribution in [3.05, 3.63) is 51.5 Å². The zero-order valence-electron chi connectivity index (χ0n) is 12.9. The maximum absolute atomic E-state index is 12.1. The fraction of sp³-hybridized carbons (Fsp3) is 0.294. The molecule has 0 unspecified atom stereocenters. The molecule has 0 saturated heterocycles. The quantitative estimate of drug-likeness (QED) is 0.762. The van der Waals surface area contributed by atoms with Gasteiger partial charge in [-0.15, -0.1) is 11.3 Å². The zero-order chi connectivity index (χ0) is 16.8. The highest BCUT2D eigenvalue weighted by atomic mass is 32.1. The molecule has 23 heavy (non-hydrogen) atoms. The number of aromatic nitrogens is 1. The summed E-state index contributed by atoms with van der Waals surface area (Å²) in [4.78, 5) is 28.0. The van der Waals surface area contributed by atoms with Gasteiger partial charge in [-0.3, -0.25) is 9.59 Å². The van der Waals surface area contributed by atoms with E-state index in [0.717, 1.165) is 16.8 Å². The second kappa shape index (κ2) is 7.65. The van der Waals surface area contributed by atoms with Crippen LogP contribution in [0.4, 0.5) is 0 Å². The Morgan fingerprint density at radius 3 is 2.57 bits per heavy atom. The Kier molecular flexibility index (Phi) is 5.61. The van der Waals surface area contributed by atoms with Crippen LogP contribution in [0.25, 0.3) is 0 Å². The van der Waals surface area contributed by atoms with E-state index in [-0.39, 0.29) is 6.42 Å². The highest BCUT2D eigenvalue weighted by molar-refractivity contribution is 7.09. The molecule has 0 fully saturated rings. The number of hydrogen-bond donors (Lipinski definition) is 0. The van der Waals surface area contributed by atoms with Crippen LogP contribution in [0.15, 0.2) is 29.6 Å². The van der Waals surface area contributed by atoms with Crippen LogP contribution in [0.2, 0.25) is 0 Å². The van der Waals surface area contributed by atoms with Gasteiger partial charge in [0.2, 0.25) is 0 Å². The Morgan fingerprint density at radius 1 is 1.30 bits per heavy atom. The number of Topliss-reactive ketones (excluding diaryl/α,β-unsaturated/α-hetero) is 1. The molecule has 0 N–H and O–H groups in total. The lowest BCUT2D eigenvalue weighted by Gasteiger charge is -2.07. The standard InChI is InChI=1S/C17H16N2O3S/c1-11-3-5-13(6-4-11)7-16(21)22-9-15(20)14(8-18)17-19-12(2)10-23-17/h3-6,10,14H,7,9H2,1-2H3/t14-/m0/s1. The van der Waals surface area contributed by atoms with E-state index in [2.05, 4.69) is 4.98 Å². The summed E-state index contributed by atoms with van der Waals surface area (Å²) in [5.41, 5.74) is 2.68. The average Bonchev–Trinajstić information content (AvgIpc) is 2.94. The number of hydrogen-bond acceptors (Lipinski definition) is 6. The minimum absolute atomic E-state index is 0.0984. The number of carbonyl (C=O) groups excluding carboxylic acids is 2. The van der Waals surface area contributed by atoms with Gasteiger partial charge in [-0.25, -0.2) is 4.98 Å². The summed E-state index contributed by atoms with van der Waals surface area (Å²) < 4.78 is 4.99. The molecular weight excluding hydrogens is 312 g/mol. The van der Waals surface area contributed by atoms with Gasteiger partial charge in [0.25, 0.3) is 0 Å². The molecule has 0 amide bonds. The van der Waals surface area contributed by atoms with Crippen molar-refractivity contribution in [2.75, 3.05) is 6.61 Å². The monoisotopic (exact) mass is 328 g/mol. The Balaban J connectivity index is 1.89. The van der Waals surface area contributed by atoms with E-state index in [1.165, 1.54) is 11.3 Å². The first-order valence-corrected chi connectivity index (χ1v) is 7.93. The first kappa shape index (κ1) is 16.8. The Morgan fingerprint density at radius 2 is 2.00 bits per heavy atom. The minimum atomic E-state index is -0.985. The zero-order valence-corrected chi connectivity index (χ0v) is 13.7. The number of carbonyl (C=O) groups is 2. The Hall–Kier alpha value is -2.52. The molecule has 118 valence electrons. The second-order valence-corrected chi connectivity index (χ2v) is 6.07. The van der Waals surface area contributed by atoms with Gasteiger partial charge in [-0.1, -0.05) is 29.8 Å². The van der Waals surface area contributed by atoms with Gasteiger partial charge in [0, 0.05) is 11.1 Å². The molecule has 0 aliphatic heterocycles. The van der Waals surface area contributed by atoms with Gasteiger partial charge in [0.15, 0.2) is 18.3 Å². The smallest absolute Gasteiger partial charge is 0.310 e. The minimum Gasteiger partial charge on any atom is -0.457 e. The molecule has 5 nitrogen and oxygen atoms in total. The number of nitriles is 1. The van der Waals surface area contributed by atoms with Gasteiger partial charge in [0.1, 0.15) is 5.01 Å². The average molecular weight is 328 g/mol. The van der Waals surface area contributed by atoms with Crippen LogP contribution >= 0.6 is 11.3 Å². The van der Waals surface area contributed by atoms with Crippen LogP contribution in [0.5, 0.6) is 0 Å². The lowest BCUT2D eigenvalue weighted by molar-refractivity contribution is -0.147. The third kappa shape index (κ3) is 4.73. The van der Waals surface area contributed by atoms with Gasteiger partial charge in [-0.2, -0.15) is 5.26 Å². The molecular formula is C17H16N2O3S. The van der Waals surface area contributed by atoms with Crippen molar-refractivity contribution in [3.63, 3.8) is 0 Å². The molecule has 0 saturated carbocycles. The molecule has 0 spiro atoms. The predicted molar refractivity (Wildman–Crippen MR) is 86.1 cm³/mol. The fourth-order valence-corrected chi connectivity index (χ4v) is 2.79. The van der Waals surface area contributed by atoms with Crippen molar-refractivity contribution in [2.24, 2.45) is 0 Å². The Labute approximate surface area is 138 Å². The third-order valence-electron chi connectivity index (χ3n) is 3.18. The van der Waals surface area contributed by atoms with Crippen LogP contribution in [-0.4, -0.2) is 23.3 Å². The summed E-state index contributed by atoms with van der Waals surface area (Å²) in [5.74, 6) is -1.94. The number of ether oxygens (including phenoxy) is 1. The third-order valence-corrected chi connectivity index (χ3v) is 4.21. The number of nitrogens with zero attached hydrogens (tertiary/aromatic N) is 2. The lowest BCUT2D eigenvalue weighted by Crippen LogP contribution is -2.20. The first-order chi connectivity index (χ1) is 11.0. The number of benzene rings is 1. The summed E-state index contributed by atoms with van der Waals surface area (Å²) in [7, 11) is 0. The maximum Gasteiger partial charge on any atom is 0.310 e. The van der Waals surface area contributed by atoms with E-state index >= 15 is 0 Å². The molecule has 1 atom stereocenters. The number of rotatable bonds is 6. The molecule has 1 heterocycles. The van der Waals surface area contributed by atoms with Crippen molar-refractivity contribution >= 4 is 23.1 Å². The molecule has 0 bridgehead atoms. The van der Waals surface area contributed by atoms with E-state index in [9.17, 15) is 9.59 Å². The molecule has 0 radical (unpaired) electrons. The van der Waals surface area contributed by atoms with Gasteiger partial charge >= 0.3 is 5.97 Å². The van der Waals surface area contributed by atoms with Crippen LogP contribution in [0.1, 0.15) is 27.7 Å². The lowest BCUT2D eigenvalue weighted by atomic mass is 10.1. The van der Waals surface area contributed by atoms with E-state index in [1.54, 1.807) is 12.3 Å². The molecule has 2 rings (SSSR count). The van der Waals surface area contributed by atoms with E-state index in [0.29, 0.717) is 5.01 Å². The van der Waals surface area contributed by atoms with E-state index < -0.39 is 24.3 Å². The molecule has 0 aliphatic carbocycles. The topological polar surface area (TPSA) is 80.0 Å². The number of esters is 1. The van der Waals surface area contributed by atoms with Gasteiger partial charge in [-0.05, 0) is 19.4 Å². The van der Waals surface area contributed by atoms with Crippen molar-refractivity contribution in [2.45, 2.75) is 26.2 Å². The Bertz CT molecular complexity index is 744. The fourth-order valence-electron chi connectivity index (χ4n) is 1.93. The molecule has 1 aromatic carbocycles. The van der Waals surface area contributed by atoms with Crippen LogP contribution in [0.3, 0.4) is 0 Å². The summed E-state index contributed by atoms with van der Waals surface area (Å²) in [5, 5.41) is 11.3. The van der Waals surface area contributed by atoms with Gasteiger partial charge in [0.05, 0.1) is 12.5 Å². The number of ketones is 1. The van der Waals surface area contributed by atoms with E-state index in [4.69, 9.17) is 10.00 Å². The molecule has 0 aliphatic rings. The predicted octanol–water partition coefficient (Wildman–Crippen LogP) is 2.72. The van der Waals surface area contributed by atoms with Crippen molar-refractivity contribution in [1.29, 1.82) is 5.26 Å². The maximum atomic E-state index is 12.1. The molecule has 6 heteroatoms. The van der Waals surface area contributed by atoms with Gasteiger partial charge < -0.3 is 4.74 Å². The normalized spacial score (nSPS) is 11.5. The van der Waals surface area contributed by atoms with E-state index in [1.807, 2.05) is 37.3 Å². The summed E-state index contributed by atoms with van der Waals surface area (Å²) in [6, 6.07) is 9.42. The number of aryl methyl sites for hydroxylation is 2. The largest absolute Gasteiger partial charge is 0.457 e. The molecule has 2 aromatic rings. The van der Waals surface area contributed by atoms with Crippen LogP contribution in [-0.2, 0) is 20.7 Å². The highest BCUT2D eigenvalue weighted by Crippen LogP contribution is 2.20. The van der Waals surface area contributed by atoms with Crippen molar-refractivity contribution in [1.82, 2.24) is 4.98 Å². The SMILES string of the molecule is Cc1ccc(CC(=O)OCC(=O)[C@H](C#N)c2nc(C)cs2)cc1. The highest BCUT2D eigenvalue weighted by Gasteiger charge is 2.24. The summed E-state index contributed by atoms with van der Waals surface area (Å²) in [6.45, 7) is 3.34. The molecule has 1 aromatic heterocycles.